The van der Waals surface area contributed by atoms with Crippen LogP contribution in [0.4, 0.5) is 0 Å². The smallest absolute Gasteiger partial charge is 0.243 e. The molecule has 2 aliphatic heterocycles. The lowest BCUT2D eigenvalue weighted by molar-refractivity contribution is 0.101. The Balaban J connectivity index is 1.79. The van der Waals surface area contributed by atoms with Crippen LogP contribution in [0.3, 0.4) is 0 Å². The molecule has 2 atom stereocenters. The number of Topliss-reactive ketones (excluding diaryl/α,β-unsaturated/α-hetero) is 1. The Morgan fingerprint density at radius 2 is 2.12 bits per heavy atom. The van der Waals surface area contributed by atoms with Gasteiger partial charge in [0.2, 0.25) is 10.0 Å². The first-order valence-corrected chi connectivity index (χ1v) is 9.36. The maximum absolute atomic E-state index is 13.2. The number of benzene rings is 1. The van der Waals surface area contributed by atoms with Crippen LogP contribution in [0.5, 0.6) is 0 Å². The van der Waals surface area contributed by atoms with Crippen LogP contribution in [0, 0.1) is 0 Å². The molecule has 2 bridgehead atoms. The summed E-state index contributed by atoms with van der Waals surface area (Å²) in [5.41, 5.74) is 2.25. The normalized spacial score (nSPS) is 23.0. The molecular weight excluding hydrogens is 326 g/mol. The van der Waals surface area contributed by atoms with Gasteiger partial charge in [-0.2, -0.15) is 4.31 Å². The van der Waals surface area contributed by atoms with Crippen LogP contribution in [0.25, 0.3) is 0 Å². The molecule has 1 aromatic carbocycles. The fourth-order valence-electron chi connectivity index (χ4n) is 3.74. The molecule has 0 spiro atoms. The third kappa shape index (κ3) is 2.27. The Bertz CT molecular complexity index is 926. The van der Waals surface area contributed by atoms with Crippen molar-refractivity contribution in [3.05, 3.63) is 53.6 Å². The molecule has 2 aliphatic rings. The lowest BCUT2D eigenvalue weighted by Gasteiger charge is -2.34. The van der Waals surface area contributed by atoms with Crippen LogP contribution in [0.2, 0.25) is 0 Å². The molecule has 24 heavy (non-hydrogen) atoms. The van der Waals surface area contributed by atoms with E-state index in [-0.39, 0.29) is 22.8 Å². The Labute approximate surface area is 140 Å². The van der Waals surface area contributed by atoms with Crippen LogP contribution in [-0.4, -0.2) is 34.5 Å². The first-order chi connectivity index (χ1) is 11.5. The van der Waals surface area contributed by atoms with E-state index in [0.717, 1.165) is 24.1 Å². The average molecular weight is 343 g/mol. The lowest BCUT2D eigenvalue weighted by atomic mass is 10.0. The van der Waals surface area contributed by atoms with Gasteiger partial charge in [0.25, 0.3) is 0 Å². The SMILES string of the molecule is CC(=O)c1cccc(S(=O)(=O)N2[C@H]3CC[C@H]2c2cncnc2C3)c1. The number of fused-ring (bicyclic) bond motifs is 4. The standard InChI is InChI=1S/C17H17N3O3S/c1-11(21)12-3-2-4-14(7-12)24(22,23)20-13-5-6-17(20)15-9-18-10-19-16(15)8-13/h2-4,7,9-10,13,17H,5-6,8H2,1H3/t13-,17-/m0/s1. The average Bonchev–Trinajstić information content (AvgIpc) is 2.91. The Hall–Kier alpha value is -2.12. The van der Waals surface area contributed by atoms with Gasteiger partial charge in [0.15, 0.2) is 5.78 Å². The van der Waals surface area contributed by atoms with Crippen molar-refractivity contribution in [3.63, 3.8) is 0 Å². The van der Waals surface area contributed by atoms with Crippen molar-refractivity contribution in [1.29, 1.82) is 0 Å². The number of ketones is 1. The van der Waals surface area contributed by atoms with Crippen LogP contribution in [0.1, 0.15) is 47.4 Å². The molecule has 1 aromatic heterocycles. The highest BCUT2D eigenvalue weighted by Gasteiger charge is 2.47. The zero-order valence-corrected chi connectivity index (χ0v) is 14.0. The number of nitrogens with zero attached hydrogens (tertiary/aromatic N) is 3. The van der Waals surface area contributed by atoms with Crippen molar-refractivity contribution in [2.45, 2.75) is 43.2 Å². The van der Waals surface area contributed by atoms with E-state index < -0.39 is 10.0 Å². The van der Waals surface area contributed by atoms with Crippen LogP contribution < -0.4 is 0 Å². The third-order valence-electron chi connectivity index (χ3n) is 4.87. The van der Waals surface area contributed by atoms with E-state index in [0.29, 0.717) is 12.0 Å². The first-order valence-electron chi connectivity index (χ1n) is 7.92. The number of rotatable bonds is 3. The van der Waals surface area contributed by atoms with E-state index in [1.54, 1.807) is 28.7 Å². The van der Waals surface area contributed by atoms with Crippen molar-refractivity contribution in [1.82, 2.24) is 14.3 Å². The monoisotopic (exact) mass is 343 g/mol. The number of sulfonamides is 1. The molecular formula is C17H17N3O3S. The number of carbonyl (C=O) groups excluding carboxylic acids is 1. The van der Waals surface area contributed by atoms with Gasteiger partial charge in [-0.1, -0.05) is 12.1 Å². The lowest BCUT2D eigenvalue weighted by Crippen LogP contribution is -2.42. The summed E-state index contributed by atoms with van der Waals surface area (Å²) in [5.74, 6) is -0.146. The summed E-state index contributed by atoms with van der Waals surface area (Å²) >= 11 is 0. The maximum Gasteiger partial charge on any atom is 0.243 e. The summed E-state index contributed by atoms with van der Waals surface area (Å²) in [6.07, 6.45) is 5.44. The molecule has 4 rings (SSSR count). The van der Waals surface area contributed by atoms with Crippen LogP contribution in [-0.2, 0) is 16.4 Å². The minimum Gasteiger partial charge on any atom is -0.295 e. The second-order valence-electron chi connectivity index (χ2n) is 6.29. The van der Waals surface area contributed by atoms with Gasteiger partial charge in [-0.3, -0.25) is 4.79 Å². The van der Waals surface area contributed by atoms with Crippen molar-refractivity contribution in [2.75, 3.05) is 0 Å². The van der Waals surface area contributed by atoms with E-state index >= 15 is 0 Å². The molecule has 0 saturated carbocycles. The van der Waals surface area contributed by atoms with Crippen molar-refractivity contribution in [3.8, 4) is 0 Å². The van der Waals surface area contributed by atoms with Crippen molar-refractivity contribution < 1.29 is 13.2 Å². The number of hydrogen-bond acceptors (Lipinski definition) is 5. The topological polar surface area (TPSA) is 80.2 Å². The summed E-state index contributed by atoms with van der Waals surface area (Å²) in [6, 6.07) is 5.98. The van der Waals surface area contributed by atoms with Crippen molar-refractivity contribution >= 4 is 15.8 Å². The molecule has 124 valence electrons. The molecule has 1 fully saturated rings. The molecule has 6 nitrogen and oxygen atoms in total. The van der Waals surface area contributed by atoms with Crippen LogP contribution in [0.15, 0.2) is 41.7 Å². The number of aromatic nitrogens is 2. The van der Waals surface area contributed by atoms with E-state index in [9.17, 15) is 13.2 Å². The van der Waals surface area contributed by atoms with E-state index in [1.807, 2.05) is 0 Å². The molecule has 1 saturated heterocycles. The predicted octanol–water partition coefficient (Wildman–Crippen LogP) is 2.13. The minimum atomic E-state index is -3.67. The first kappa shape index (κ1) is 15.4. The van der Waals surface area contributed by atoms with Gasteiger partial charge in [-0.05, 0) is 31.9 Å². The molecule has 0 amide bonds. The minimum absolute atomic E-state index is 0.0802. The highest BCUT2D eigenvalue weighted by atomic mass is 32.2. The van der Waals surface area contributed by atoms with Crippen LogP contribution >= 0.6 is 0 Å². The fraction of sp³-hybridized carbons (Fsp3) is 0.353. The number of hydrogen-bond donors (Lipinski definition) is 0. The van der Waals surface area contributed by atoms with Gasteiger partial charge in [0, 0.05) is 29.8 Å². The molecule has 7 heteroatoms. The molecule has 0 aliphatic carbocycles. The van der Waals surface area contributed by atoms with Gasteiger partial charge < -0.3 is 0 Å². The van der Waals surface area contributed by atoms with E-state index in [1.165, 1.54) is 19.3 Å². The highest BCUT2D eigenvalue weighted by molar-refractivity contribution is 7.89. The van der Waals surface area contributed by atoms with E-state index in [4.69, 9.17) is 0 Å². The molecule has 0 N–H and O–H groups in total. The molecule has 0 radical (unpaired) electrons. The highest BCUT2D eigenvalue weighted by Crippen LogP contribution is 2.45. The van der Waals surface area contributed by atoms with Gasteiger partial charge in [0.1, 0.15) is 6.33 Å². The summed E-state index contributed by atoms with van der Waals surface area (Å²) in [4.78, 5) is 20.1. The Morgan fingerprint density at radius 3 is 2.92 bits per heavy atom. The second-order valence-corrected chi connectivity index (χ2v) is 8.14. The van der Waals surface area contributed by atoms with Gasteiger partial charge in [-0.15, -0.1) is 0 Å². The predicted molar refractivity (Wildman–Crippen MR) is 87.0 cm³/mol. The van der Waals surface area contributed by atoms with E-state index in [2.05, 4.69) is 9.97 Å². The Morgan fingerprint density at radius 1 is 1.29 bits per heavy atom. The van der Waals surface area contributed by atoms with Crippen molar-refractivity contribution in [2.24, 2.45) is 0 Å². The quantitative estimate of drug-likeness (QED) is 0.798. The van der Waals surface area contributed by atoms with Gasteiger partial charge >= 0.3 is 0 Å². The summed E-state index contributed by atoms with van der Waals surface area (Å²) < 4.78 is 28.0. The summed E-state index contributed by atoms with van der Waals surface area (Å²) in [7, 11) is -3.67. The molecule has 0 unspecified atom stereocenters. The number of carbonyl (C=O) groups is 1. The maximum atomic E-state index is 13.2. The third-order valence-corrected chi connectivity index (χ3v) is 6.83. The second kappa shape index (κ2) is 5.46. The fourth-order valence-corrected chi connectivity index (χ4v) is 5.64. The zero-order chi connectivity index (χ0) is 16.9. The Kier molecular flexibility index (Phi) is 3.51. The zero-order valence-electron chi connectivity index (χ0n) is 13.2. The summed E-state index contributed by atoms with van der Waals surface area (Å²) in [6.45, 7) is 1.43. The summed E-state index contributed by atoms with van der Waals surface area (Å²) in [5, 5.41) is 0. The molecule has 2 aromatic rings. The molecule has 3 heterocycles. The largest absolute Gasteiger partial charge is 0.295 e. The van der Waals surface area contributed by atoms with Gasteiger partial charge in [-0.25, -0.2) is 18.4 Å². The van der Waals surface area contributed by atoms with Gasteiger partial charge in [0.05, 0.1) is 16.6 Å².